The van der Waals surface area contributed by atoms with Crippen LogP contribution in [0.4, 0.5) is 11.6 Å². The number of hydrogen-bond donors (Lipinski definition) is 1. The molecule has 0 saturated heterocycles. The molecule has 1 aromatic heterocycles. The third-order valence-corrected chi connectivity index (χ3v) is 2.65. The summed E-state index contributed by atoms with van der Waals surface area (Å²) in [5.41, 5.74) is 7.36. The molecule has 0 aliphatic rings. The Balaban J connectivity index is 2.48. The lowest BCUT2D eigenvalue weighted by Crippen LogP contribution is -2.20. The number of rotatable bonds is 3. The van der Waals surface area contributed by atoms with Crippen LogP contribution in [-0.4, -0.2) is 32.2 Å². The monoisotopic (exact) mass is 248 g/mol. The number of aryl methyl sites for hydroxylation is 1. The molecular formula is C10H12N6S. The van der Waals surface area contributed by atoms with E-state index < -0.39 is 0 Å². The molecule has 0 aliphatic carbocycles. The standard InChI is InChI=1S/C10H12N6S/c1-15(10-12-13-14-16(10)2)8-6-4-3-5-7(8)9(11)17/h3-6H,1-2H3,(H2,11,17). The van der Waals surface area contributed by atoms with Crippen LogP contribution in [0, 0.1) is 0 Å². The third kappa shape index (κ3) is 2.09. The second-order valence-electron chi connectivity index (χ2n) is 3.54. The SMILES string of the molecule is CN(c1ccccc1C(N)=S)c1nnnn1C. The number of anilines is 2. The fourth-order valence-corrected chi connectivity index (χ4v) is 1.76. The topological polar surface area (TPSA) is 72.9 Å². The number of nitrogens with two attached hydrogens (primary N) is 1. The minimum atomic E-state index is 0.350. The molecule has 0 spiro atoms. The van der Waals surface area contributed by atoms with Crippen molar-refractivity contribution in [1.82, 2.24) is 20.2 Å². The van der Waals surface area contributed by atoms with Gasteiger partial charge in [-0.1, -0.05) is 29.4 Å². The summed E-state index contributed by atoms with van der Waals surface area (Å²) in [4.78, 5) is 2.19. The largest absolute Gasteiger partial charge is 0.389 e. The minimum Gasteiger partial charge on any atom is -0.389 e. The Morgan fingerprint density at radius 1 is 1.41 bits per heavy atom. The number of hydrogen-bond acceptors (Lipinski definition) is 5. The Bertz CT molecular complexity index is 549. The zero-order chi connectivity index (χ0) is 12.4. The van der Waals surface area contributed by atoms with E-state index in [4.69, 9.17) is 18.0 Å². The lowest BCUT2D eigenvalue weighted by Gasteiger charge is -2.19. The van der Waals surface area contributed by atoms with Crippen molar-refractivity contribution in [1.29, 1.82) is 0 Å². The van der Waals surface area contributed by atoms with Gasteiger partial charge in [-0.05, 0) is 22.6 Å². The first-order chi connectivity index (χ1) is 8.11. The van der Waals surface area contributed by atoms with Crippen molar-refractivity contribution in [2.75, 3.05) is 11.9 Å². The molecule has 2 rings (SSSR count). The molecule has 7 heteroatoms. The fourth-order valence-electron chi connectivity index (χ4n) is 1.59. The molecule has 1 heterocycles. The lowest BCUT2D eigenvalue weighted by atomic mass is 10.1. The van der Waals surface area contributed by atoms with Gasteiger partial charge in [0.15, 0.2) is 0 Å². The molecule has 6 nitrogen and oxygen atoms in total. The second kappa shape index (κ2) is 4.46. The van der Waals surface area contributed by atoms with E-state index in [2.05, 4.69) is 15.5 Å². The first-order valence-electron chi connectivity index (χ1n) is 4.96. The molecule has 0 radical (unpaired) electrons. The number of benzene rings is 1. The molecular weight excluding hydrogens is 236 g/mol. The average Bonchev–Trinajstić information content (AvgIpc) is 2.74. The molecule has 0 aliphatic heterocycles. The van der Waals surface area contributed by atoms with Crippen LogP contribution in [0.3, 0.4) is 0 Å². The second-order valence-corrected chi connectivity index (χ2v) is 3.98. The molecule has 2 N–H and O–H groups in total. The molecule has 0 fully saturated rings. The highest BCUT2D eigenvalue weighted by molar-refractivity contribution is 7.80. The van der Waals surface area contributed by atoms with E-state index in [9.17, 15) is 0 Å². The zero-order valence-electron chi connectivity index (χ0n) is 9.53. The van der Waals surface area contributed by atoms with Crippen molar-refractivity contribution < 1.29 is 0 Å². The Kier molecular flexibility index (Phi) is 3.01. The predicted molar refractivity (Wildman–Crippen MR) is 69.2 cm³/mol. The Hall–Kier alpha value is -2.02. The first-order valence-corrected chi connectivity index (χ1v) is 5.37. The summed E-state index contributed by atoms with van der Waals surface area (Å²) in [7, 11) is 3.64. The maximum absolute atomic E-state index is 5.69. The van der Waals surface area contributed by atoms with Gasteiger partial charge >= 0.3 is 0 Å². The van der Waals surface area contributed by atoms with E-state index in [1.54, 1.807) is 11.7 Å². The van der Waals surface area contributed by atoms with Crippen LogP contribution in [0.5, 0.6) is 0 Å². The summed E-state index contributed by atoms with van der Waals surface area (Å²) in [6.45, 7) is 0. The lowest BCUT2D eigenvalue weighted by molar-refractivity contribution is 0.708. The highest BCUT2D eigenvalue weighted by Crippen LogP contribution is 2.24. The maximum Gasteiger partial charge on any atom is 0.249 e. The summed E-state index contributed by atoms with van der Waals surface area (Å²) in [5, 5.41) is 11.3. The average molecular weight is 248 g/mol. The number of thiocarbonyl (C=S) groups is 1. The molecule has 0 unspecified atom stereocenters. The van der Waals surface area contributed by atoms with Crippen LogP contribution in [-0.2, 0) is 7.05 Å². The number of aromatic nitrogens is 4. The summed E-state index contributed by atoms with van der Waals surface area (Å²) >= 11 is 5.02. The molecule has 17 heavy (non-hydrogen) atoms. The molecule has 0 amide bonds. The number of para-hydroxylation sites is 1. The van der Waals surface area contributed by atoms with Crippen LogP contribution in [0.1, 0.15) is 5.56 Å². The summed E-state index contributed by atoms with van der Waals surface area (Å²) in [5.74, 6) is 0.619. The first kappa shape index (κ1) is 11.5. The van der Waals surface area contributed by atoms with Gasteiger partial charge in [0.05, 0.1) is 5.69 Å². The molecule has 0 saturated carbocycles. The van der Waals surface area contributed by atoms with Crippen molar-refractivity contribution >= 4 is 28.8 Å². The Morgan fingerprint density at radius 3 is 2.71 bits per heavy atom. The number of nitrogens with zero attached hydrogens (tertiary/aromatic N) is 5. The van der Waals surface area contributed by atoms with Gasteiger partial charge < -0.3 is 10.6 Å². The van der Waals surface area contributed by atoms with Crippen LogP contribution < -0.4 is 10.6 Å². The molecule has 88 valence electrons. The van der Waals surface area contributed by atoms with Gasteiger partial charge in [0.25, 0.3) is 0 Å². The highest BCUT2D eigenvalue weighted by atomic mass is 32.1. The summed E-state index contributed by atoms with van der Waals surface area (Å²) < 4.78 is 1.58. The van der Waals surface area contributed by atoms with Crippen molar-refractivity contribution in [3.8, 4) is 0 Å². The van der Waals surface area contributed by atoms with Gasteiger partial charge in [-0.15, -0.1) is 0 Å². The van der Waals surface area contributed by atoms with Crippen LogP contribution in [0.15, 0.2) is 24.3 Å². The van der Waals surface area contributed by atoms with Gasteiger partial charge in [0.1, 0.15) is 4.99 Å². The van der Waals surface area contributed by atoms with Gasteiger partial charge in [0, 0.05) is 19.7 Å². The van der Waals surface area contributed by atoms with Crippen molar-refractivity contribution in [3.05, 3.63) is 29.8 Å². The summed E-state index contributed by atoms with van der Waals surface area (Å²) in [6, 6.07) is 7.60. The molecule has 2 aromatic rings. The van der Waals surface area contributed by atoms with Crippen molar-refractivity contribution in [3.63, 3.8) is 0 Å². The predicted octanol–water partition coefficient (Wildman–Crippen LogP) is 0.612. The quantitative estimate of drug-likeness (QED) is 0.802. The van der Waals surface area contributed by atoms with Crippen LogP contribution >= 0.6 is 12.2 Å². The summed E-state index contributed by atoms with van der Waals surface area (Å²) in [6.07, 6.45) is 0. The molecule has 0 bridgehead atoms. The van der Waals surface area contributed by atoms with Crippen molar-refractivity contribution in [2.45, 2.75) is 0 Å². The van der Waals surface area contributed by atoms with E-state index in [-0.39, 0.29) is 0 Å². The van der Waals surface area contributed by atoms with Crippen molar-refractivity contribution in [2.24, 2.45) is 12.8 Å². The van der Waals surface area contributed by atoms with Crippen LogP contribution in [0.25, 0.3) is 0 Å². The maximum atomic E-state index is 5.69. The minimum absolute atomic E-state index is 0.350. The van der Waals surface area contributed by atoms with E-state index in [0.717, 1.165) is 11.3 Å². The van der Waals surface area contributed by atoms with E-state index in [1.165, 1.54) is 0 Å². The van der Waals surface area contributed by atoms with E-state index >= 15 is 0 Å². The zero-order valence-corrected chi connectivity index (χ0v) is 10.3. The molecule has 0 atom stereocenters. The normalized spacial score (nSPS) is 10.2. The molecule has 1 aromatic carbocycles. The van der Waals surface area contributed by atoms with Gasteiger partial charge in [0.2, 0.25) is 5.95 Å². The Labute approximate surface area is 104 Å². The highest BCUT2D eigenvalue weighted by Gasteiger charge is 2.14. The van der Waals surface area contributed by atoms with Gasteiger partial charge in [-0.3, -0.25) is 0 Å². The van der Waals surface area contributed by atoms with Crippen LogP contribution in [0.2, 0.25) is 0 Å². The smallest absolute Gasteiger partial charge is 0.249 e. The Morgan fingerprint density at radius 2 is 2.12 bits per heavy atom. The van der Waals surface area contributed by atoms with E-state index in [0.29, 0.717) is 10.9 Å². The van der Waals surface area contributed by atoms with E-state index in [1.807, 2.05) is 36.2 Å². The fraction of sp³-hybridized carbons (Fsp3) is 0.200. The number of tetrazole rings is 1. The van der Waals surface area contributed by atoms with Gasteiger partial charge in [-0.2, -0.15) is 0 Å². The van der Waals surface area contributed by atoms with Gasteiger partial charge in [-0.25, -0.2) is 4.68 Å². The third-order valence-electron chi connectivity index (χ3n) is 2.43.